The number of carbonyl (C=O) groups excluding carboxylic acids is 1. The van der Waals surface area contributed by atoms with E-state index in [-0.39, 0.29) is 34.9 Å². The maximum Gasteiger partial charge on any atom is 0.339 e. The third kappa shape index (κ3) is 3.13. The highest BCUT2D eigenvalue weighted by Crippen LogP contribution is 2.21. The Hall–Kier alpha value is -2.58. The normalized spacial score (nSPS) is 11.1. The summed E-state index contributed by atoms with van der Waals surface area (Å²) in [6.45, 7) is 0.191. The first-order chi connectivity index (χ1) is 12.3. The lowest BCUT2D eigenvalue weighted by Crippen LogP contribution is -2.37. The third-order valence-electron chi connectivity index (χ3n) is 3.93. The standard InChI is InChI=1S/C16H14Cl2N4O4/c1-20-13-12(14(23)21(2)16(20)25)22(8-19-13)5-6-26-15(24)10-4-3-9(17)7-11(10)18/h3-4,7-8H,5-6H2,1-2H3. The van der Waals surface area contributed by atoms with E-state index in [2.05, 4.69) is 4.98 Å². The van der Waals surface area contributed by atoms with Gasteiger partial charge < -0.3 is 9.30 Å². The van der Waals surface area contributed by atoms with Crippen LogP contribution in [0, 0.1) is 0 Å². The van der Waals surface area contributed by atoms with E-state index in [9.17, 15) is 14.4 Å². The number of esters is 1. The molecular weight excluding hydrogens is 383 g/mol. The number of rotatable bonds is 4. The molecule has 3 aromatic rings. The van der Waals surface area contributed by atoms with Crippen molar-refractivity contribution in [2.75, 3.05) is 6.61 Å². The Kier molecular flexibility index (Phi) is 4.88. The highest BCUT2D eigenvalue weighted by atomic mass is 35.5. The fourth-order valence-electron chi connectivity index (χ4n) is 2.54. The third-order valence-corrected chi connectivity index (χ3v) is 4.48. The van der Waals surface area contributed by atoms with Crippen LogP contribution in [0.1, 0.15) is 10.4 Å². The van der Waals surface area contributed by atoms with Gasteiger partial charge in [-0.2, -0.15) is 0 Å². The Morgan fingerprint density at radius 1 is 1.19 bits per heavy atom. The van der Waals surface area contributed by atoms with Crippen molar-refractivity contribution in [1.82, 2.24) is 18.7 Å². The second kappa shape index (κ2) is 6.97. The number of ether oxygens (including phenoxy) is 1. The monoisotopic (exact) mass is 396 g/mol. The van der Waals surface area contributed by atoms with E-state index in [0.29, 0.717) is 5.02 Å². The van der Waals surface area contributed by atoms with Crippen LogP contribution in [-0.2, 0) is 25.4 Å². The molecule has 26 heavy (non-hydrogen) atoms. The molecule has 0 aliphatic rings. The quantitative estimate of drug-likeness (QED) is 0.624. The summed E-state index contributed by atoms with van der Waals surface area (Å²) in [5.41, 5.74) is -0.200. The smallest absolute Gasteiger partial charge is 0.339 e. The largest absolute Gasteiger partial charge is 0.460 e. The van der Waals surface area contributed by atoms with Gasteiger partial charge in [0.05, 0.1) is 23.5 Å². The summed E-state index contributed by atoms with van der Waals surface area (Å²) in [7, 11) is 2.92. The first-order valence-corrected chi connectivity index (χ1v) is 8.30. The minimum Gasteiger partial charge on any atom is -0.460 e. The predicted molar refractivity (Wildman–Crippen MR) is 97.0 cm³/mol. The Morgan fingerprint density at radius 2 is 1.92 bits per heavy atom. The van der Waals surface area contributed by atoms with Crippen LogP contribution in [0.2, 0.25) is 10.0 Å². The number of aryl methyl sites for hydroxylation is 1. The number of aromatic nitrogens is 4. The van der Waals surface area contributed by atoms with Crippen LogP contribution < -0.4 is 11.2 Å². The molecule has 0 atom stereocenters. The Morgan fingerprint density at radius 3 is 2.62 bits per heavy atom. The number of benzene rings is 1. The molecule has 10 heteroatoms. The summed E-state index contributed by atoms with van der Waals surface area (Å²) in [6, 6.07) is 4.47. The van der Waals surface area contributed by atoms with Crippen LogP contribution in [0.15, 0.2) is 34.1 Å². The molecule has 0 radical (unpaired) electrons. The zero-order chi connectivity index (χ0) is 19.0. The lowest BCUT2D eigenvalue weighted by molar-refractivity contribution is 0.0492. The molecule has 1 aromatic carbocycles. The van der Waals surface area contributed by atoms with Crippen LogP contribution in [0.4, 0.5) is 0 Å². The summed E-state index contributed by atoms with van der Waals surface area (Å²) >= 11 is 11.8. The average Bonchev–Trinajstić information content (AvgIpc) is 3.02. The van der Waals surface area contributed by atoms with Crippen LogP contribution in [0.25, 0.3) is 11.2 Å². The van der Waals surface area contributed by atoms with Crippen LogP contribution in [0.3, 0.4) is 0 Å². The summed E-state index contributed by atoms with van der Waals surface area (Å²) in [6.07, 6.45) is 1.43. The average molecular weight is 397 g/mol. The van der Waals surface area contributed by atoms with Gasteiger partial charge in [0.25, 0.3) is 5.56 Å². The van der Waals surface area contributed by atoms with Gasteiger partial charge in [-0.3, -0.25) is 13.9 Å². The molecular formula is C16H14Cl2N4O4. The number of nitrogens with zero attached hydrogens (tertiary/aromatic N) is 4. The van der Waals surface area contributed by atoms with Gasteiger partial charge >= 0.3 is 11.7 Å². The van der Waals surface area contributed by atoms with Gasteiger partial charge in [0, 0.05) is 19.1 Å². The lowest BCUT2D eigenvalue weighted by atomic mass is 10.2. The Balaban J connectivity index is 1.80. The second-order valence-corrected chi connectivity index (χ2v) is 6.42. The van der Waals surface area contributed by atoms with Crippen LogP contribution in [0.5, 0.6) is 0 Å². The van der Waals surface area contributed by atoms with Crippen molar-refractivity contribution in [2.45, 2.75) is 6.54 Å². The van der Waals surface area contributed by atoms with Gasteiger partial charge in [-0.1, -0.05) is 23.2 Å². The van der Waals surface area contributed by atoms with Crippen molar-refractivity contribution >= 4 is 40.3 Å². The van der Waals surface area contributed by atoms with E-state index in [4.69, 9.17) is 27.9 Å². The highest BCUT2D eigenvalue weighted by molar-refractivity contribution is 6.36. The van der Waals surface area contributed by atoms with Gasteiger partial charge in [0.2, 0.25) is 0 Å². The first-order valence-electron chi connectivity index (χ1n) is 7.54. The minimum atomic E-state index is -0.601. The van der Waals surface area contributed by atoms with Crippen molar-refractivity contribution in [3.05, 3.63) is 61.0 Å². The molecule has 0 saturated heterocycles. The maximum absolute atomic E-state index is 12.3. The summed E-state index contributed by atoms with van der Waals surface area (Å²) in [5.74, 6) is -0.601. The van der Waals surface area contributed by atoms with E-state index in [0.717, 1.165) is 4.57 Å². The molecule has 0 unspecified atom stereocenters. The first kappa shape index (κ1) is 18.2. The molecule has 2 aromatic heterocycles. The summed E-state index contributed by atoms with van der Waals surface area (Å²) < 4.78 is 9.02. The molecule has 0 fully saturated rings. The number of fused-ring (bicyclic) bond motifs is 1. The molecule has 136 valence electrons. The fourth-order valence-corrected chi connectivity index (χ4v) is 3.02. The topological polar surface area (TPSA) is 88.1 Å². The maximum atomic E-state index is 12.3. The second-order valence-electron chi connectivity index (χ2n) is 5.58. The van der Waals surface area contributed by atoms with Crippen molar-refractivity contribution in [2.24, 2.45) is 14.1 Å². The molecule has 3 rings (SSSR count). The molecule has 0 N–H and O–H groups in total. The van der Waals surface area contributed by atoms with E-state index in [1.165, 1.54) is 47.8 Å². The van der Waals surface area contributed by atoms with E-state index in [1.807, 2.05) is 0 Å². The van der Waals surface area contributed by atoms with Crippen molar-refractivity contribution in [1.29, 1.82) is 0 Å². The number of halogens is 2. The van der Waals surface area contributed by atoms with Gasteiger partial charge in [-0.05, 0) is 18.2 Å². The molecule has 0 aliphatic heterocycles. The molecule has 0 spiro atoms. The number of hydrogen-bond acceptors (Lipinski definition) is 5. The number of hydrogen-bond donors (Lipinski definition) is 0. The SMILES string of the molecule is Cn1c(=O)c2c(ncn2CCOC(=O)c2ccc(Cl)cc2Cl)n(C)c1=O. The number of imidazole rings is 1. The Labute approximate surface area is 157 Å². The molecule has 2 heterocycles. The van der Waals surface area contributed by atoms with E-state index >= 15 is 0 Å². The van der Waals surface area contributed by atoms with Gasteiger partial charge in [-0.25, -0.2) is 14.6 Å². The van der Waals surface area contributed by atoms with E-state index < -0.39 is 17.2 Å². The molecule has 8 nitrogen and oxygen atoms in total. The van der Waals surface area contributed by atoms with Crippen molar-refractivity contribution < 1.29 is 9.53 Å². The van der Waals surface area contributed by atoms with Crippen molar-refractivity contribution in [3.8, 4) is 0 Å². The van der Waals surface area contributed by atoms with Crippen LogP contribution in [-0.4, -0.2) is 31.3 Å². The van der Waals surface area contributed by atoms with Crippen molar-refractivity contribution in [3.63, 3.8) is 0 Å². The van der Waals surface area contributed by atoms with Crippen LogP contribution >= 0.6 is 23.2 Å². The minimum absolute atomic E-state index is 0.00472. The summed E-state index contributed by atoms with van der Waals surface area (Å²) in [5, 5.41) is 0.609. The lowest BCUT2D eigenvalue weighted by Gasteiger charge is -2.08. The molecule has 0 saturated carbocycles. The Bertz CT molecular complexity index is 1130. The van der Waals surface area contributed by atoms with Gasteiger partial charge in [0.15, 0.2) is 11.2 Å². The molecule has 0 bridgehead atoms. The van der Waals surface area contributed by atoms with Gasteiger partial charge in [-0.15, -0.1) is 0 Å². The highest BCUT2D eigenvalue weighted by Gasteiger charge is 2.15. The molecule has 0 amide bonds. The molecule has 0 aliphatic carbocycles. The van der Waals surface area contributed by atoms with Gasteiger partial charge in [0.1, 0.15) is 6.61 Å². The van der Waals surface area contributed by atoms with E-state index in [1.54, 1.807) is 0 Å². The predicted octanol–water partition coefficient (Wildman–Crippen LogP) is 1.60. The summed E-state index contributed by atoms with van der Waals surface area (Å²) in [4.78, 5) is 40.4. The zero-order valence-corrected chi connectivity index (χ0v) is 15.4. The fraction of sp³-hybridized carbons (Fsp3) is 0.250. The zero-order valence-electron chi connectivity index (χ0n) is 13.9. The number of carbonyl (C=O) groups is 1.